The lowest BCUT2D eigenvalue weighted by molar-refractivity contribution is -0.144. The maximum absolute atomic E-state index is 12.3. The van der Waals surface area contributed by atoms with Gasteiger partial charge in [-0.05, 0) is 17.7 Å². The number of hydrogen-bond acceptors (Lipinski definition) is 6. The molecule has 0 spiro atoms. The molecule has 3 heterocycles. The van der Waals surface area contributed by atoms with E-state index >= 15 is 0 Å². The molecule has 0 aliphatic carbocycles. The predicted octanol–water partition coefficient (Wildman–Crippen LogP) is 2.66. The van der Waals surface area contributed by atoms with Crippen LogP contribution in [0.4, 0.5) is 22.0 Å². The van der Waals surface area contributed by atoms with E-state index in [9.17, 15) is 31.5 Å². The van der Waals surface area contributed by atoms with Crippen LogP contribution in [-0.4, -0.2) is 50.6 Å². The fraction of sp³-hybridized carbons (Fsp3) is 0.350. The molecule has 182 valence electrons. The fourth-order valence-electron chi connectivity index (χ4n) is 2.74. The number of hydrogen-bond donors (Lipinski definition) is 2. The summed E-state index contributed by atoms with van der Waals surface area (Å²) >= 11 is 0. The summed E-state index contributed by atoms with van der Waals surface area (Å²) in [6.45, 7) is -0.829. The summed E-state index contributed by atoms with van der Waals surface area (Å²) in [6.07, 6.45) is -4.69. The first-order valence-electron chi connectivity index (χ1n) is 9.91. The number of halogens is 5. The standard InChI is InChI=1S/C20H19F5N6O3/c21-15(22)11-34-18-6-13(2-4-26-18)19(33)28-9-14-10-31-16(30-14)5-12(8-29-31)7-27-17(32)1-3-20(23,24)25/h2,4-6,8,10,15H,1,3,7,9,11H2,(H,27,32)(H,28,33). The molecule has 3 aromatic rings. The topological polar surface area (TPSA) is 111 Å². The van der Waals surface area contributed by atoms with Gasteiger partial charge >= 0.3 is 6.18 Å². The van der Waals surface area contributed by atoms with Crippen LogP contribution in [0.15, 0.2) is 36.8 Å². The van der Waals surface area contributed by atoms with Gasteiger partial charge in [-0.1, -0.05) is 0 Å². The normalized spacial score (nSPS) is 11.6. The number of ether oxygens (including phenoxy) is 1. The van der Waals surface area contributed by atoms with Gasteiger partial charge in [-0.25, -0.2) is 23.3 Å². The van der Waals surface area contributed by atoms with Crippen molar-refractivity contribution in [3.8, 4) is 5.88 Å². The van der Waals surface area contributed by atoms with E-state index in [1.807, 2.05) is 0 Å². The number of fused-ring (bicyclic) bond motifs is 1. The first kappa shape index (κ1) is 24.8. The quantitative estimate of drug-likeness (QED) is 0.427. The molecule has 0 saturated heterocycles. The minimum Gasteiger partial charge on any atom is -0.472 e. The Morgan fingerprint density at radius 2 is 1.94 bits per heavy atom. The number of nitrogens with one attached hydrogen (secondary N) is 2. The van der Waals surface area contributed by atoms with Crippen LogP contribution in [0.5, 0.6) is 5.88 Å². The van der Waals surface area contributed by atoms with Crippen LogP contribution < -0.4 is 15.4 Å². The zero-order chi connectivity index (χ0) is 24.7. The molecule has 0 fully saturated rings. The van der Waals surface area contributed by atoms with Crippen LogP contribution in [0.2, 0.25) is 0 Å². The lowest BCUT2D eigenvalue weighted by atomic mass is 10.2. The third-order valence-electron chi connectivity index (χ3n) is 4.34. The van der Waals surface area contributed by atoms with E-state index in [4.69, 9.17) is 4.74 Å². The Hall–Kier alpha value is -3.84. The van der Waals surface area contributed by atoms with Crippen LogP contribution >= 0.6 is 0 Å². The summed E-state index contributed by atoms with van der Waals surface area (Å²) in [5.41, 5.74) is 1.54. The second-order valence-electron chi connectivity index (χ2n) is 7.06. The summed E-state index contributed by atoms with van der Waals surface area (Å²) in [7, 11) is 0. The molecule has 0 unspecified atom stereocenters. The fourth-order valence-corrected chi connectivity index (χ4v) is 2.74. The molecule has 34 heavy (non-hydrogen) atoms. The number of carbonyl (C=O) groups excluding carboxylic acids is 2. The van der Waals surface area contributed by atoms with Crippen molar-refractivity contribution in [2.45, 2.75) is 38.5 Å². The lowest BCUT2D eigenvalue weighted by Crippen LogP contribution is -2.24. The average Bonchev–Trinajstić information content (AvgIpc) is 3.20. The van der Waals surface area contributed by atoms with E-state index in [1.165, 1.54) is 29.0 Å². The van der Waals surface area contributed by atoms with Gasteiger partial charge in [0.25, 0.3) is 12.3 Å². The van der Waals surface area contributed by atoms with Gasteiger partial charge in [0.2, 0.25) is 11.8 Å². The smallest absolute Gasteiger partial charge is 0.389 e. The van der Waals surface area contributed by atoms with Gasteiger partial charge < -0.3 is 15.4 Å². The van der Waals surface area contributed by atoms with Crippen LogP contribution in [0.25, 0.3) is 5.65 Å². The molecule has 0 aromatic carbocycles. The second-order valence-corrected chi connectivity index (χ2v) is 7.06. The third kappa shape index (κ3) is 7.64. The molecule has 0 aliphatic heterocycles. The minimum absolute atomic E-state index is 0.0167. The van der Waals surface area contributed by atoms with Crippen LogP contribution in [0, 0.1) is 0 Å². The number of pyridine rings is 1. The molecule has 14 heteroatoms. The summed E-state index contributed by atoms with van der Waals surface area (Å²) in [6, 6.07) is 4.22. The Morgan fingerprint density at radius 3 is 2.68 bits per heavy atom. The zero-order valence-electron chi connectivity index (χ0n) is 17.5. The van der Waals surface area contributed by atoms with E-state index in [0.717, 1.165) is 0 Å². The number of amides is 2. The highest BCUT2D eigenvalue weighted by Gasteiger charge is 2.27. The Balaban J connectivity index is 1.54. The van der Waals surface area contributed by atoms with Gasteiger partial charge in [-0.15, -0.1) is 0 Å². The highest BCUT2D eigenvalue weighted by atomic mass is 19.4. The van der Waals surface area contributed by atoms with E-state index < -0.39 is 43.9 Å². The lowest BCUT2D eigenvalue weighted by Gasteiger charge is -2.07. The molecule has 2 amide bonds. The predicted molar refractivity (Wildman–Crippen MR) is 107 cm³/mol. The molecular formula is C20H19F5N6O3. The van der Waals surface area contributed by atoms with Crippen molar-refractivity contribution in [2.75, 3.05) is 6.61 Å². The second kappa shape index (κ2) is 10.9. The van der Waals surface area contributed by atoms with Crippen molar-refractivity contribution >= 4 is 17.5 Å². The van der Waals surface area contributed by atoms with Crippen LogP contribution in [0.3, 0.4) is 0 Å². The number of rotatable bonds is 10. The van der Waals surface area contributed by atoms with Crippen LogP contribution in [-0.2, 0) is 17.9 Å². The van der Waals surface area contributed by atoms with Crippen molar-refractivity contribution in [2.24, 2.45) is 0 Å². The molecule has 3 rings (SSSR count). The van der Waals surface area contributed by atoms with E-state index in [2.05, 4.69) is 25.7 Å². The maximum Gasteiger partial charge on any atom is 0.389 e. The molecule has 0 saturated carbocycles. The van der Waals surface area contributed by atoms with Crippen molar-refractivity contribution in [1.82, 2.24) is 30.2 Å². The summed E-state index contributed by atoms with van der Waals surface area (Å²) < 4.78 is 67.3. The van der Waals surface area contributed by atoms with Crippen molar-refractivity contribution in [3.63, 3.8) is 0 Å². The Kier molecular flexibility index (Phi) is 7.91. The van der Waals surface area contributed by atoms with Gasteiger partial charge in [-0.3, -0.25) is 9.59 Å². The van der Waals surface area contributed by atoms with E-state index in [-0.39, 0.29) is 24.5 Å². The van der Waals surface area contributed by atoms with Crippen LogP contribution in [0.1, 0.15) is 34.5 Å². The highest BCUT2D eigenvalue weighted by molar-refractivity contribution is 5.94. The van der Waals surface area contributed by atoms with Crippen molar-refractivity contribution in [1.29, 1.82) is 0 Å². The van der Waals surface area contributed by atoms with Crippen molar-refractivity contribution in [3.05, 3.63) is 53.6 Å². The minimum atomic E-state index is -4.40. The summed E-state index contributed by atoms with van der Waals surface area (Å²) in [5.74, 6) is -1.35. The first-order chi connectivity index (χ1) is 16.1. The molecule has 0 radical (unpaired) electrons. The van der Waals surface area contributed by atoms with Gasteiger partial charge in [0.15, 0.2) is 12.3 Å². The number of carbonyl (C=O) groups is 2. The number of imidazole rings is 1. The number of alkyl halides is 5. The van der Waals surface area contributed by atoms with Gasteiger partial charge in [0.05, 0.1) is 31.1 Å². The highest BCUT2D eigenvalue weighted by Crippen LogP contribution is 2.21. The molecule has 3 aromatic heterocycles. The van der Waals surface area contributed by atoms with E-state index in [1.54, 1.807) is 12.3 Å². The molecule has 0 bridgehead atoms. The molecule has 0 aliphatic rings. The molecule has 9 nitrogen and oxygen atoms in total. The maximum atomic E-state index is 12.3. The number of aromatic nitrogens is 4. The number of nitrogens with zero attached hydrogens (tertiary/aromatic N) is 4. The largest absolute Gasteiger partial charge is 0.472 e. The Bertz CT molecular complexity index is 1150. The van der Waals surface area contributed by atoms with Gasteiger partial charge in [-0.2, -0.15) is 18.3 Å². The van der Waals surface area contributed by atoms with E-state index in [0.29, 0.717) is 16.9 Å². The average molecular weight is 486 g/mol. The third-order valence-corrected chi connectivity index (χ3v) is 4.34. The summed E-state index contributed by atoms with van der Waals surface area (Å²) in [4.78, 5) is 32.0. The molecular weight excluding hydrogens is 467 g/mol. The zero-order valence-corrected chi connectivity index (χ0v) is 17.5. The molecule has 0 atom stereocenters. The van der Waals surface area contributed by atoms with Crippen molar-refractivity contribution < 1.29 is 36.3 Å². The molecule has 2 N–H and O–H groups in total. The van der Waals surface area contributed by atoms with Gasteiger partial charge in [0, 0.05) is 30.8 Å². The summed E-state index contributed by atoms with van der Waals surface area (Å²) in [5, 5.41) is 9.14. The Morgan fingerprint density at radius 1 is 1.15 bits per heavy atom. The van der Waals surface area contributed by atoms with Gasteiger partial charge in [0.1, 0.15) is 0 Å². The first-order valence-corrected chi connectivity index (χ1v) is 9.91. The SMILES string of the molecule is O=C(CCC(F)(F)F)NCc1cnn2cc(CNC(=O)c3ccnc(OCC(F)F)c3)nc2c1. The Labute approximate surface area is 189 Å². The monoisotopic (exact) mass is 486 g/mol.